The van der Waals surface area contributed by atoms with Gasteiger partial charge in [0.05, 0.1) is 4.83 Å². The summed E-state index contributed by atoms with van der Waals surface area (Å²) in [6.07, 6.45) is 1.40. The monoisotopic (exact) mass is 348 g/mol. The summed E-state index contributed by atoms with van der Waals surface area (Å²) in [6, 6.07) is 2.87. The van der Waals surface area contributed by atoms with Crippen LogP contribution >= 0.6 is 15.9 Å². The average Bonchev–Trinajstić information content (AvgIpc) is 2.24. The fourth-order valence-electron chi connectivity index (χ4n) is 1.44. The molecule has 1 heterocycles. The Balaban J connectivity index is 3.32. The van der Waals surface area contributed by atoms with Gasteiger partial charge in [-0.3, -0.25) is 9.78 Å². The number of carbonyl (C=O) groups excluding carboxylic acids is 1. The molecule has 19 heavy (non-hydrogen) atoms. The Labute approximate surface area is 122 Å². The number of alkyl halides is 1. The van der Waals surface area contributed by atoms with Crippen molar-refractivity contribution in [2.24, 2.45) is 0 Å². The third kappa shape index (κ3) is 4.36. The molecule has 1 rings (SSSR count). The lowest BCUT2D eigenvalue weighted by atomic mass is 10.1. The molecule has 0 aliphatic carbocycles. The normalized spacial score (nSPS) is 14.2. The van der Waals surface area contributed by atoms with Crippen LogP contribution in [0.2, 0.25) is 0 Å². The second-order valence-corrected chi connectivity index (χ2v) is 8.21. The second-order valence-electron chi connectivity index (χ2n) is 5.19. The minimum Gasteiger partial charge on any atom is -0.291 e. The van der Waals surface area contributed by atoms with Crippen LogP contribution in [0.5, 0.6) is 0 Å². The van der Waals surface area contributed by atoms with Gasteiger partial charge in [0.15, 0.2) is 5.78 Å². The molecule has 1 unspecified atom stereocenters. The number of Topliss-reactive ketones (excluding diaryl/α,β-unsaturated/α-hetero) is 1. The lowest BCUT2D eigenvalue weighted by molar-refractivity contribution is 0.0987. The van der Waals surface area contributed by atoms with Gasteiger partial charge in [-0.05, 0) is 39.8 Å². The van der Waals surface area contributed by atoms with E-state index < -0.39 is 20.4 Å². The van der Waals surface area contributed by atoms with Crippen LogP contribution in [0.15, 0.2) is 23.2 Å². The predicted octanol–water partition coefficient (Wildman–Crippen LogP) is 2.12. The first-order valence-electron chi connectivity index (χ1n) is 5.72. The van der Waals surface area contributed by atoms with Gasteiger partial charge in [-0.15, -0.1) is 0 Å². The van der Waals surface area contributed by atoms with E-state index in [1.165, 1.54) is 18.3 Å². The Morgan fingerprint density at radius 2 is 2.00 bits per heavy atom. The fourth-order valence-corrected chi connectivity index (χ4v) is 3.24. The highest BCUT2D eigenvalue weighted by Gasteiger charge is 2.28. The van der Waals surface area contributed by atoms with E-state index in [1.54, 1.807) is 27.7 Å². The van der Waals surface area contributed by atoms with Crippen molar-refractivity contribution in [3.05, 3.63) is 24.0 Å². The van der Waals surface area contributed by atoms with Crippen molar-refractivity contribution < 1.29 is 13.2 Å². The molecule has 0 aromatic carbocycles. The summed E-state index contributed by atoms with van der Waals surface area (Å²) in [4.78, 5) is 15.3. The summed E-state index contributed by atoms with van der Waals surface area (Å²) in [5.41, 5.74) is -0.682. The first-order chi connectivity index (χ1) is 8.54. The minimum absolute atomic E-state index is 0.0522. The fraction of sp³-hybridized carbons (Fsp3) is 0.500. The van der Waals surface area contributed by atoms with Gasteiger partial charge in [-0.2, -0.15) is 0 Å². The van der Waals surface area contributed by atoms with Crippen molar-refractivity contribution in [2.45, 2.75) is 43.0 Å². The first-order valence-corrected chi connectivity index (χ1v) is 8.12. The van der Waals surface area contributed by atoms with Gasteiger partial charge in [-0.25, -0.2) is 13.1 Å². The highest BCUT2D eigenvalue weighted by Crippen LogP contribution is 2.19. The van der Waals surface area contributed by atoms with Crippen LogP contribution in [0.3, 0.4) is 0 Å². The molecule has 0 saturated heterocycles. The molecule has 0 radical (unpaired) electrons. The molecule has 5 nitrogen and oxygen atoms in total. The number of ketones is 1. The third-order valence-corrected chi connectivity index (χ3v) is 4.30. The van der Waals surface area contributed by atoms with Crippen LogP contribution in [0.1, 0.15) is 38.2 Å². The van der Waals surface area contributed by atoms with Crippen LogP contribution < -0.4 is 4.72 Å². The van der Waals surface area contributed by atoms with E-state index >= 15 is 0 Å². The Bertz CT molecular complexity index is 577. The van der Waals surface area contributed by atoms with E-state index in [9.17, 15) is 13.2 Å². The Morgan fingerprint density at radius 1 is 1.42 bits per heavy atom. The molecule has 0 fully saturated rings. The molecule has 0 aliphatic heterocycles. The molecule has 1 aromatic rings. The number of rotatable bonds is 4. The smallest absolute Gasteiger partial charge is 0.243 e. The number of nitrogens with one attached hydrogen (secondary N) is 1. The van der Waals surface area contributed by atoms with Gasteiger partial charge in [0.25, 0.3) is 0 Å². The summed E-state index contributed by atoms with van der Waals surface area (Å²) in [6.45, 7) is 6.82. The van der Waals surface area contributed by atoms with Gasteiger partial charge in [0.2, 0.25) is 10.0 Å². The van der Waals surface area contributed by atoms with Crippen LogP contribution in [0.4, 0.5) is 0 Å². The molecule has 0 aliphatic rings. The van der Waals surface area contributed by atoms with Crippen LogP contribution in [-0.2, 0) is 10.0 Å². The lowest BCUT2D eigenvalue weighted by Gasteiger charge is -2.21. The lowest BCUT2D eigenvalue weighted by Crippen LogP contribution is -2.41. The second kappa shape index (κ2) is 5.68. The van der Waals surface area contributed by atoms with Crippen LogP contribution in [-0.4, -0.2) is 29.6 Å². The molecule has 0 spiro atoms. The van der Waals surface area contributed by atoms with Crippen molar-refractivity contribution in [1.29, 1.82) is 0 Å². The van der Waals surface area contributed by atoms with E-state index in [4.69, 9.17) is 0 Å². The zero-order valence-corrected chi connectivity index (χ0v) is 13.7. The Hall–Kier alpha value is -0.790. The summed E-state index contributed by atoms with van der Waals surface area (Å²) >= 11 is 3.13. The third-order valence-electron chi connectivity index (χ3n) is 2.10. The number of sulfonamides is 1. The van der Waals surface area contributed by atoms with Crippen molar-refractivity contribution in [1.82, 2.24) is 9.71 Å². The molecule has 0 amide bonds. The molecule has 7 heteroatoms. The van der Waals surface area contributed by atoms with Crippen molar-refractivity contribution >= 4 is 31.7 Å². The van der Waals surface area contributed by atoms with Gasteiger partial charge < -0.3 is 0 Å². The van der Waals surface area contributed by atoms with Crippen LogP contribution in [0.25, 0.3) is 0 Å². The van der Waals surface area contributed by atoms with E-state index in [2.05, 4.69) is 25.6 Å². The number of nitrogens with zero attached hydrogens (tertiary/aromatic N) is 1. The highest BCUT2D eigenvalue weighted by molar-refractivity contribution is 9.10. The van der Waals surface area contributed by atoms with E-state index in [-0.39, 0.29) is 16.4 Å². The minimum atomic E-state index is -3.78. The maximum Gasteiger partial charge on any atom is 0.243 e. The average molecular weight is 349 g/mol. The SMILES string of the molecule is CC(Br)C(=O)c1ncccc1S(=O)(=O)NC(C)(C)C. The summed E-state index contributed by atoms with van der Waals surface area (Å²) in [5, 5.41) is 0. The molecule has 1 aromatic heterocycles. The van der Waals surface area contributed by atoms with Crippen molar-refractivity contribution in [3.63, 3.8) is 0 Å². The largest absolute Gasteiger partial charge is 0.291 e. The summed E-state index contributed by atoms with van der Waals surface area (Å²) in [5.74, 6) is -0.366. The zero-order valence-electron chi connectivity index (χ0n) is 11.3. The van der Waals surface area contributed by atoms with Crippen molar-refractivity contribution in [2.75, 3.05) is 0 Å². The van der Waals surface area contributed by atoms with E-state index in [1.807, 2.05) is 0 Å². The topological polar surface area (TPSA) is 76.1 Å². The molecule has 0 bridgehead atoms. The quantitative estimate of drug-likeness (QED) is 0.667. The maximum atomic E-state index is 12.3. The number of pyridine rings is 1. The predicted molar refractivity (Wildman–Crippen MR) is 77.0 cm³/mol. The summed E-state index contributed by atoms with van der Waals surface area (Å²) in [7, 11) is -3.78. The van der Waals surface area contributed by atoms with Gasteiger partial charge >= 0.3 is 0 Å². The molecular weight excluding hydrogens is 332 g/mol. The first kappa shape index (κ1) is 16.3. The molecule has 1 N–H and O–H groups in total. The van der Waals surface area contributed by atoms with Gasteiger partial charge in [0.1, 0.15) is 10.6 Å². The number of hydrogen-bond donors (Lipinski definition) is 1. The van der Waals surface area contributed by atoms with E-state index in [0.717, 1.165) is 0 Å². The number of aromatic nitrogens is 1. The van der Waals surface area contributed by atoms with Crippen molar-refractivity contribution in [3.8, 4) is 0 Å². The van der Waals surface area contributed by atoms with Gasteiger partial charge in [-0.1, -0.05) is 15.9 Å². The maximum absolute atomic E-state index is 12.3. The Kier molecular flexibility index (Phi) is 4.86. The Morgan fingerprint density at radius 3 is 2.47 bits per heavy atom. The summed E-state index contributed by atoms with van der Waals surface area (Å²) < 4.78 is 27.1. The van der Waals surface area contributed by atoms with Gasteiger partial charge in [0, 0.05) is 11.7 Å². The standard InChI is InChI=1S/C12H17BrN2O3S/c1-8(13)11(16)10-9(6-5-7-14-10)19(17,18)15-12(2,3)4/h5-8,15H,1-4H3. The zero-order chi connectivity index (χ0) is 14.8. The molecular formula is C12H17BrN2O3S. The molecule has 106 valence electrons. The number of halogens is 1. The number of carbonyl (C=O) groups is 1. The molecule has 1 atom stereocenters. The molecule has 0 saturated carbocycles. The van der Waals surface area contributed by atoms with Crippen LogP contribution in [0, 0.1) is 0 Å². The van der Waals surface area contributed by atoms with E-state index in [0.29, 0.717) is 0 Å². The number of hydrogen-bond acceptors (Lipinski definition) is 4. The highest BCUT2D eigenvalue weighted by atomic mass is 79.9.